The Morgan fingerprint density at radius 1 is 1.19 bits per heavy atom. The molecule has 6 nitrogen and oxygen atoms in total. The van der Waals surface area contributed by atoms with Gasteiger partial charge >= 0.3 is 0 Å². The number of hydrogen-bond acceptors (Lipinski definition) is 4. The second kappa shape index (κ2) is 7.48. The predicted octanol–water partition coefficient (Wildman–Crippen LogP) is 2.86. The Kier molecular flexibility index (Phi) is 4.90. The Morgan fingerprint density at radius 3 is 2.78 bits per heavy atom. The monoisotopic (exact) mass is 363 g/mol. The van der Waals surface area contributed by atoms with E-state index in [4.69, 9.17) is 0 Å². The van der Waals surface area contributed by atoms with Gasteiger partial charge in [0, 0.05) is 31.2 Å². The molecule has 1 fully saturated rings. The van der Waals surface area contributed by atoms with Crippen molar-refractivity contribution < 1.29 is 4.79 Å². The largest absolute Gasteiger partial charge is 0.350 e. The summed E-state index contributed by atoms with van der Waals surface area (Å²) in [5.74, 6) is 1.20. The van der Waals surface area contributed by atoms with Gasteiger partial charge in [0.05, 0.1) is 5.56 Å². The molecule has 3 heterocycles. The number of aromatic nitrogens is 3. The Labute approximate surface area is 159 Å². The first-order valence-corrected chi connectivity index (χ1v) is 9.52. The average Bonchev–Trinajstić information content (AvgIpc) is 3.28. The molecule has 0 spiro atoms. The molecule has 1 atom stereocenters. The second-order valence-corrected chi connectivity index (χ2v) is 7.54. The molecule has 0 saturated carbocycles. The van der Waals surface area contributed by atoms with Crippen LogP contribution in [0.1, 0.15) is 47.9 Å². The van der Waals surface area contributed by atoms with E-state index >= 15 is 0 Å². The molecule has 1 aliphatic rings. The normalized spacial score (nSPS) is 17.7. The van der Waals surface area contributed by atoms with Gasteiger partial charge in [0.15, 0.2) is 5.65 Å². The summed E-state index contributed by atoms with van der Waals surface area (Å²) in [6.45, 7) is 6.87. The molecular weight excluding hydrogens is 338 g/mol. The van der Waals surface area contributed by atoms with Crippen molar-refractivity contribution in [3.63, 3.8) is 0 Å². The van der Waals surface area contributed by atoms with Gasteiger partial charge in [-0.05, 0) is 44.5 Å². The minimum Gasteiger partial charge on any atom is -0.350 e. The Hall–Kier alpha value is -2.73. The van der Waals surface area contributed by atoms with Crippen LogP contribution in [0.4, 0.5) is 0 Å². The molecule has 1 aromatic carbocycles. The summed E-state index contributed by atoms with van der Waals surface area (Å²) in [5.41, 5.74) is 2.75. The van der Waals surface area contributed by atoms with E-state index in [1.807, 2.05) is 42.6 Å². The molecule has 0 aliphatic carbocycles. The number of fused-ring (bicyclic) bond motifs is 1. The summed E-state index contributed by atoms with van der Waals surface area (Å²) in [4.78, 5) is 14.8. The maximum Gasteiger partial charge on any atom is 0.252 e. The zero-order valence-corrected chi connectivity index (χ0v) is 15.8. The molecule has 6 heteroatoms. The van der Waals surface area contributed by atoms with Gasteiger partial charge in [-0.15, -0.1) is 10.2 Å². The molecule has 1 N–H and O–H groups in total. The van der Waals surface area contributed by atoms with Crippen LogP contribution in [0.5, 0.6) is 0 Å². The van der Waals surface area contributed by atoms with Crippen LogP contribution in [0.15, 0.2) is 48.7 Å². The number of rotatable bonds is 5. The maximum atomic E-state index is 12.3. The van der Waals surface area contributed by atoms with Gasteiger partial charge in [0.25, 0.3) is 5.91 Å². The summed E-state index contributed by atoms with van der Waals surface area (Å²) < 4.78 is 1.98. The summed E-state index contributed by atoms with van der Waals surface area (Å²) in [6.07, 6.45) is 2.91. The predicted molar refractivity (Wildman–Crippen MR) is 105 cm³/mol. The van der Waals surface area contributed by atoms with Crippen molar-refractivity contribution in [3.05, 3.63) is 65.6 Å². The summed E-state index contributed by atoms with van der Waals surface area (Å²) in [5, 5.41) is 11.7. The number of likely N-dealkylation sites (tertiary alicyclic amines) is 1. The van der Waals surface area contributed by atoms with Crippen LogP contribution in [-0.4, -0.2) is 44.5 Å². The van der Waals surface area contributed by atoms with E-state index < -0.39 is 0 Å². The SMILES string of the molecule is CC(C)NC(=O)c1ccc2nnc(C3CCN(Cc4ccccc4)C3)n2c1. The van der Waals surface area contributed by atoms with Crippen molar-refractivity contribution in [1.82, 2.24) is 24.8 Å². The van der Waals surface area contributed by atoms with Crippen LogP contribution in [0.25, 0.3) is 5.65 Å². The number of pyridine rings is 1. The number of nitrogens with zero attached hydrogens (tertiary/aromatic N) is 4. The number of nitrogens with one attached hydrogen (secondary N) is 1. The molecular formula is C21H25N5O. The number of amides is 1. The number of carbonyl (C=O) groups excluding carboxylic acids is 1. The third-order valence-corrected chi connectivity index (χ3v) is 5.00. The van der Waals surface area contributed by atoms with Gasteiger partial charge in [0.1, 0.15) is 5.82 Å². The van der Waals surface area contributed by atoms with Crippen molar-refractivity contribution in [1.29, 1.82) is 0 Å². The van der Waals surface area contributed by atoms with Gasteiger partial charge in [-0.2, -0.15) is 0 Å². The lowest BCUT2D eigenvalue weighted by Gasteiger charge is -2.15. The molecule has 1 unspecified atom stereocenters. The minimum atomic E-state index is -0.0660. The van der Waals surface area contributed by atoms with Gasteiger partial charge in [-0.1, -0.05) is 30.3 Å². The summed E-state index contributed by atoms with van der Waals surface area (Å²) in [6, 6.07) is 14.3. The first-order chi connectivity index (χ1) is 13.1. The van der Waals surface area contributed by atoms with Crippen molar-refractivity contribution >= 4 is 11.6 Å². The van der Waals surface area contributed by atoms with Crippen molar-refractivity contribution in [3.8, 4) is 0 Å². The van der Waals surface area contributed by atoms with Crippen LogP contribution in [0.2, 0.25) is 0 Å². The van der Waals surface area contributed by atoms with Crippen LogP contribution in [-0.2, 0) is 6.54 Å². The Morgan fingerprint density at radius 2 is 2.00 bits per heavy atom. The molecule has 0 radical (unpaired) electrons. The van der Waals surface area contributed by atoms with Crippen molar-refractivity contribution in [2.24, 2.45) is 0 Å². The molecule has 27 heavy (non-hydrogen) atoms. The molecule has 4 rings (SSSR count). The molecule has 0 bridgehead atoms. The van der Waals surface area contributed by atoms with E-state index in [0.717, 1.165) is 37.5 Å². The van der Waals surface area contributed by atoms with Crippen molar-refractivity contribution in [2.75, 3.05) is 13.1 Å². The van der Waals surface area contributed by atoms with Crippen LogP contribution in [0, 0.1) is 0 Å². The highest BCUT2D eigenvalue weighted by molar-refractivity contribution is 5.94. The van der Waals surface area contributed by atoms with Crippen molar-refractivity contribution in [2.45, 2.75) is 38.8 Å². The van der Waals surface area contributed by atoms with Gasteiger partial charge in [-0.3, -0.25) is 14.1 Å². The lowest BCUT2D eigenvalue weighted by Crippen LogP contribution is -2.30. The molecule has 1 saturated heterocycles. The fourth-order valence-corrected chi connectivity index (χ4v) is 3.70. The van der Waals surface area contributed by atoms with Gasteiger partial charge in [-0.25, -0.2) is 0 Å². The van der Waals surface area contributed by atoms with E-state index in [-0.39, 0.29) is 11.9 Å². The lowest BCUT2D eigenvalue weighted by atomic mass is 10.1. The highest BCUT2D eigenvalue weighted by Crippen LogP contribution is 2.27. The highest BCUT2D eigenvalue weighted by atomic mass is 16.1. The number of benzene rings is 1. The second-order valence-electron chi connectivity index (χ2n) is 7.54. The first kappa shape index (κ1) is 17.7. The average molecular weight is 363 g/mol. The fourth-order valence-electron chi connectivity index (χ4n) is 3.70. The van der Waals surface area contributed by atoms with E-state index in [9.17, 15) is 4.79 Å². The summed E-state index contributed by atoms with van der Waals surface area (Å²) in [7, 11) is 0. The van der Waals surface area contributed by atoms with E-state index in [2.05, 4.69) is 44.7 Å². The lowest BCUT2D eigenvalue weighted by molar-refractivity contribution is 0.0942. The number of carbonyl (C=O) groups is 1. The zero-order valence-electron chi connectivity index (χ0n) is 15.8. The first-order valence-electron chi connectivity index (χ1n) is 9.52. The quantitative estimate of drug-likeness (QED) is 0.757. The molecule has 3 aromatic rings. The van der Waals surface area contributed by atoms with Crippen LogP contribution >= 0.6 is 0 Å². The third kappa shape index (κ3) is 3.85. The standard InChI is InChI=1S/C21H25N5O/c1-15(2)22-21(27)18-8-9-19-23-24-20(26(19)14-18)17-10-11-25(13-17)12-16-6-4-3-5-7-16/h3-9,14-15,17H,10-13H2,1-2H3,(H,22,27). The van der Waals surface area contributed by atoms with Gasteiger partial charge < -0.3 is 5.32 Å². The van der Waals surface area contributed by atoms with E-state index in [0.29, 0.717) is 11.5 Å². The zero-order chi connectivity index (χ0) is 18.8. The number of hydrogen-bond donors (Lipinski definition) is 1. The highest BCUT2D eigenvalue weighted by Gasteiger charge is 2.27. The smallest absolute Gasteiger partial charge is 0.252 e. The fraction of sp³-hybridized carbons (Fsp3) is 0.381. The minimum absolute atomic E-state index is 0.0660. The van der Waals surface area contributed by atoms with Crippen LogP contribution < -0.4 is 5.32 Å². The molecule has 2 aromatic heterocycles. The molecule has 140 valence electrons. The molecule has 1 aliphatic heterocycles. The van der Waals surface area contributed by atoms with Crippen LogP contribution in [0.3, 0.4) is 0 Å². The Bertz CT molecular complexity index is 934. The van der Waals surface area contributed by atoms with E-state index in [1.165, 1.54) is 5.56 Å². The van der Waals surface area contributed by atoms with E-state index in [1.54, 1.807) is 0 Å². The van der Waals surface area contributed by atoms with Gasteiger partial charge in [0.2, 0.25) is 0 Å². The third-order valence-electron chi connectivity index (χ3n) is 5.00. The topological polar surface area (TPSA) is 62.5 Å². The molecule has 1 amide bonds. The Balaban J connectivity index is 1.52. The maximum absolute atomic E-state index is 12.3. The summed E-state index contributed by atoms with van der Waals surface area (Å²) >= 11 is 0.